The monoisotopic (exact) mass is 1020 g/mol. The van der Waals surface area contributed by atoms with Gasteiger partial charge in [-0.1, -0.05) is 44.2 Å². The van der Waals surface area contributed by atoms with Crippen molar-refractivity contribution in [1.82, 2.24) is 42.1 Å². The Balaban J connectivity index is 2.33. The lowest BCUT2D eigenvalue weighted by Gasteiger charge is -2.31. The number of nitrogens with one attached hydrogen (secondary N) is 7. The van der Waals surface area contributed by atoms with Crippen LogP contribution in [0, 0.1) is 5.92 Å². The molecule has 1 aliphatic heterocycles. The number of benzene rings is 1. The van der Waals surface area contributed by atoms with Crippen molar-refractivity contribution in [2.45, 2.75) is 139 Å². The molecule has 1 fully saturated rings. The molecule has 1 heterocycles. The number of nitrogens with zero attached hydrogens (tertiary/aromatic N) is 1. The van der Waals surface area contributed by atoms with Gasteiger partial charge in [0.25, 0.3) is 0 Å². The van der Waals surface area contributed by atoms with Gasteiger partial charge >= 0.3 is 5.97 Å². The predicted molar refractivity (Wildman–Crippen MR) is 250 cm³/mol. The number of aliphatic hydroxyl groups excluding tert-OH is 3. The second-order valence-electron chi connectivity index (χ2n) is 17.6. The number of carboxylic acid groups (broad SMARTS) is 1. The number of carboxylic acids is 1. The SMILES string of the molecule is CC(C)C[C@H](NC(=O)[C@@H]1CCCN1C(=O)[C@H](Cc1ccccc1)NC(=O)[C@H](CO)NC(=O)[C@H](CC(N)=O)NC(=O)[C@H](CO)NC(=O)[C@H](CCC(N)=O)NC(=O)[C@@H](N)CCC(N)=O)C(=O)N[C@H](C(=O)O)[C@@H](C)O. The van der Waals surface area contributed by atoms with Gasteiger partial charge in [-0.25, -0.2) is 4.79 Å². The third-order valence-corrected chi connectivity index (χ3v) is 11.1. The Bertz CT molecular complexity index is 2110. The van der Waals surface area contributed by atoms with Crippen LogP contribution in [0.3, 0.4) is 0 Å². The summed E-state index contributed by atoms with van der Waals surface area (Å²) < 4.78 is 0. The summed E-state index contributed by atoms with van der Waals surface area (Å²) in [5, 5.41) is 55.8. The molecule has 11 amide bonds. The molecule has 19 N–H and O–H groups in total. The van der Waals surface area contributed by atoms with Crippen molar-refractivity contribution in [3.05, 3.63) is 35.9 Å². The largest absolute Gasteiger partial charge is 0.480 e. The second kappa shape index (κ2) is 29.8. The molecule has 0 unspecified atom stereocenters. The normalized spacial score (nSPS) is 16.9. The summed E-state index contributed by atoms with van der Waals surface area (Å²) >= 11 is 0. The number of rotatable bonds is 31. The first kappa shape index (κ1) is 60.8. The molecule has 0 saturated carbocycles. The summed E-state index contributed by atoms with van der Waals surface area (Å²) in [6.07, 6.45) is -3.47. The Morgan fingerprint density at radius 1 is 0.625 bits per heavy atom. The number of nitrogens with two attached hydrogens (primary N) is 4. The number of hydrogen-bond donors (Lipinski definition) is 15. The van der Waals surface area contributed by atoms with E-state index in [1.165, 1.54) is 11.8 Å². The van der Waals surface area contributed by atoms with Crippen LogP contribution < -0.4 is 60.2 Å². The molecule has 1 saturated heterocycles. The minimum Gasteiger partial charge on any atom is -0.480 e. The fourth-order valence-corrected chi connectivity index (χ4v) is 7.32. The van der Waals surface area contributed by atoms with Crippen LogP contribution in [0.4, 0.5) is 0 Å². The van der Waals surface area contributed by atoms with Crippen molar-refractivity contribution >= 4 is 70.9 Å². The van der Waals surface area contributed by atoms with E-state index in [9.17, 15) is 78.0 Å². The van der Waals surface area contributed by atoms with Gasteiger partial charge in [-0.15, -0.1) is 0 Å². The highest BCUT2D eigenvalue weighted by molar-refractivity contribution is 5.99. The number of primary amides is 3. The average Bonchev–Trinajstić information content (AvgIpc) is 3.81. The fraction of sp³-hybridized carbons (Fsp3) is 0.591. The maximum atomic E-state index is 14.4. The molecule has 28 heteroatoms. The van der Waals surface area contributed by atoms with Gasteiger partial charge < -0.3 is 85.5 Å². The lowest BCUT2D eigenvalue weighted by Crippen LogP contribution is -2.61. The summed E-state index contributed by atoms with van der Waals surface area (Å²) in [6.45, 7) is 2.42. The first-order chi connectivity index (χ1) is 33.8. The number of carbonyl (C=O) groups is 12. The topological polar surface area (TPSA) is 477 Å². The molecule has 0 radical (unpaired) electrons. The van der Waals surface area contributed by atoms with Crippen LogP contribution >= 0.6 is 0 Å². The Kier molecular flexibility index (Phi) is 25.2. The maximum absolute atomic E-state index is 14.4. The lowest BCUT2D eigenvalue weighted by molar-refractivity contribution is -0.146. The van der Waals surface area contributed by atoms with E-state index in [0.717, 1.165) is 0 Å². The summed E-state index contributed by atoms with van der Waals surface area (Å²) in [4.78, 5) is 156. The van der Waals surface area contributed by atoms with E-state index in [1.54, 1.807) is 44.2 Å². The van der Waals surface area contributed by atoms with Gasteiger partial charge in [0.05, 0.1) is 31.8 Å². The molecule has 0 aliphatic carbocycles. The van der Waals surface area contributed by atoms with Crippen LogP contribution in [-0.4, -0.2) is 177 Å². The minimum atomic E-state index is -1.93. The van der Waals surface area contributed by atoms with Crippen LogP contribution in [0.15, 0.2) is 30.3 Å². The number of amides is 11. The Labute approximate surface area is 413 Å². The Morgan fingerprint density at radius 3 is 1.61 bits per heavy atom. The van der Waals surface area contributed by atoms with Gasteiger partial charge in [0.15, 0.2) is 6.04 Å². The molecule has 72 heavy (non-hydrogen) atoms. The van der Waals surface area contributed by atoms with Crippen LogP contribution in [0.25, 0.3) is 0 Å². The van der Waals surface area contributed by atoms with Gasteiger partial charge in [0.2, 0.25) is 65.0 Å². The summed E-state index contributed by atoms with van der Waals surface area (Å²) in [6, 6.07) is -5.95. The van der Waals surface area contributed by atoms with Gasteiger partial charge in [-0.3, -0.25) is 52.7 Å². The Hall–Kier alpha value is -7.30. The first-order valence-electron chi connectivity index (χ1n) is 23.0. The van der Waals surface area contributed by atoms with E-state index in [1.807, 2.05) is 0 Å². The van der Waals surface area contributed by atoms with E-state index in [0.29, 0.717) is 12.0 Å². The molecule has 400 valence electrons. The quantitative estimate of drug-likeness (QED) is 0.0329. The number of carbonyl (C=O) groups excluding carboxylic acids is 11. The van der Waals surface area contributed by atoms with Crippen LogP contribution in [-0.2, 0) is 64.0 Å². The van der Waals surface area contributed by atoms with Gasteiger partial charge in [0, 0.05) is 25.8 Å². The van der Waals surface area contributed by atoms with E-state index < -0.39 is 164 Å². The molecule has 10 atom stereocenters. The molecule has 1 aromatic rings. The van der Waals surface area contributed by atoms with Crippen molar-refractivity contribution in [1.29, 1.82) is 0 Å². The summed E-state index contributed by atoms with van der Waals surface area (Å²) in [7, 11) is 0. The minimum absolute atomic E-state index is 0.0153. The zero-order valence-electron chi connectivity index (χ0n) is 40.2. The molecular formula is C44H68N12O16. The number of aliphatic hydroxyl groups is 3. The number of aliphatic carboxylic acids is 1. The van der Waals surface area contributed by atoms with Crippen molar-refractivity contribution in [3.8, 4) is 0 Å². The molecule has 0 spiro atoms. The number of likely N-dealkylation sites (tertiary alicyclic amines) is 1. The Morgan fingerprint density at radius 2 is 1.11 bits per heavy atom. The maximum Gasteiger partial charge on any atom is 0.328 e. The lowest BCUT2D eigenvalue weighted by atomic mass is 10.0. The molecule has 0 bridgehead atoms. The summed E-state index contributed by atoms with van der Waals surface area (Å²) in [5.41, 5.74) is 21.9. The number of hydrogen-bond acceptors (Lipinski definition) is 16. The molecule has 1 aromatic carbocycles. The summed E-state index contributed by atoms with van der Waals surface area (Å²) in [5.74, 6) is -12.8. The van der Waals surface area contributed by atoms with Crippen LogP contribution in [0.1, 0.15) is 77.7 Å². The van der Waals surface area contributed by atoms with Crippen LogP contribution in [0.2, 0.25) is 0 Å². The molecule has 0 aromatic heterocycles. The van der Waals surface area contributed by atoms with Crippen molar-refractivity contribution in [2.24, 2.45) is 28.9 Å². The fourth-order valence-electron chi connectivity index (χ4n) is 7.32. The smallest absolute Gasteiger partial charge is 0.328 e. The van der Waals surface area contributed by atoms with E-state index in [4.69, 9.17) is 22.9 Å². The van der Waals surface area contributed by atoms with E-state index >= 15 is 0 Å². The zero-order valence-corrected chi connectivity index (χ0v) is 40.2. The molecule has 2 rings (SSSR count). The van der Waals surface area contributed by atoms with Crippen LogP contribution in [0.5, 0.6) is 0 Å². The molecular weight excluding hydrogens is 953 g/mol. The highest BCUT2D eigenvalue weighted by Crippen LogP contribution is 2.21. The van der Waals surface area contributed by atoms with Gasteiger partial charge in [-0.2, -0.15) is 0 Å². The molecule has 28 nitrogen and oxygen atoms in total. The zero-order chi connectivity index (χ0) is 54.4. The standard InChI is InChI=1S/C44H68N12O16/c1-21(2)16-26(39(66)55-35(22(3)59)44(71)72)51-42(69)31-10-7-15-56(31)43(70)28(17-23-8-5-4-6-9-23)52-41(68)30(20-58)54-38(65)27(18-34(48)62)50-40(67)29(19-57)53-37(64)25(12-14-33(47)61)49-36(63)24(45)11-13-32(46)60/h4-6,8-9,21-22,24-31,35,57-59H,7,10-20,45H2,1-3H3,(H2,46,60)(H2,47,61)(H2,48,62)(H,49,63)(H,50,67)(H,51,69)(H,52,68)(H,53,64)(H,54,65)(H,55,66)(H,71,72)/t22-,24+,25+,26+,27+,28+,29+,30+,31+,35+/m1/s1. The van der Waals surface area contributed by atoms with E-state index in [-0.39, 0.29) is 44.6 Å². The van der Waals surface area contributed by atoms with Gasteiger partial charge in [0.1, 0.15) is 42.3 Å². The van der Waals surface area contributed by atoms with Crippen molar-refractivity contribution < 1.29 is 78.0 Å². The van der Waals surface area contributed by atoms with E-state index in [2.05, 4.69) is 37.2 Å². The van der Waals surface area contributed by atoms with Crippen molar-refractivity contribution in [3.63, 3.8) is 0 Å². The predicted octanol–water partition coefficient (Wildman–Crippen LogP) is -7.16. The third-order valence-electron chi connectivity index (χ3n) is 11.1. The second-order valence-corrected chi connectivity index (χ2v) is 17.6. The highest BCUT2D eigenvalue weighted by Gasteiger charge is 2.41. The van der Waals surface area contributed by atoms with Crippen molar-refractivity contribution in [2.75, 3.05) is 19.8 Å². The highest BCUT2D eigenvalue weighted by atomic mass is 16.4. The average molecular weight is 1020 g/mol. The first-order valence-corrected chi connectivity index (χ1v) is 23.0. The van der Waals surface area contributed by atoms with Gasteiger partial charge in [-0.05, 0) is 50.5 Å². The third kappa shape index (κ3) is 20.2. The molecule has 1 aliphatic rings.